The molecule has 0 aliphatic carbocycles. The van der Waals surface area contributed by atoms with Crippen LogP contribution in [0.1, 0.15) is 39.5 Å². The van der Waals surface area contributed by atoms with Gasteiger partial charge >= 0.3 is 0 Å². The first-order valence-electron chi connectivity index (χ1n) is 5.35. The maximum absolute atomic E-state index is 5.74. The molecule has 0 bridgehead atoms. The van der Waals surface area contributed by atoms with Crippen LogP contribution in [0.15, 0.2) is 11.8 Å². The Kier molecular flexibility index (Phi) is 9.93. The quantitative estimate of drug-likeness (QED) is 0.424. The molecule has 3 heteroatoms. The van der Waals surface area contributed by atoms with Gasteiger partial charge in [-0.15, -0.1) is 0 Å². The van der Waals surface area contributed by atoms with E-state index < -0.39 is 0 Å². The van der Waals surface area contributed by atoms with Crippen molar-refractivity contribution in [2.75, 3.05) is 11.0 Å². The number of ether oxygens (including phenoxy) is 1. The van der Waals surface area contributed by atoms with Crippen molar-refractivity contribution in [2.45, 2.75) is 45.6 Å². The second-order valence-electron chi connectivity index (χ2n) is 3.48. The van der Waals surface area contributed by atoms with E-state index in [0.29, 0.717) is 6.61 Å². The molecule has 1 unspecified atom stereocenters. The Morgan fingerprint density at radius 1 is 1.50 bits per heavy atom. The van der Waals surface area contributed by atoms with Gasteiger partial charge in [0.05, 0.1) is 6.26 Å². The van der Waals surface area contributed by atoms with Gasteiger partial charge in [-0.1, -0.05) is 42.9 Å². The zero-order valence-corrected chi connectivity index (χ0v) is 11.4. The first-order chi connectivity index (χ1) is 6.74. The highest BCUT2D eigenvalue weighted by Crippen LogP contribution is 2.11. The van der Waals surface area contributed by atoms with E-state index in [4.69, 9.17) is 10.5 Å². The summed E-state index contributed by atoms with van der Waals surface area (Å²) >= 11 is 2.28. The van der Waals surface area contributed by atoms with Crippen LogP contribution in [0, 0.1) is 0 Å². The predicted molar refractivity (Wildman–Crippen MR) is 70.7 cm³/mol. The summed E-state index contributed by atoms with van der Waals surface area (Å²) in [5, 5.41) is 0. The molecule has 0 saturated carbocycles. The SMILES string of the molecule is CCCC/C(=C/OCC(N)CI)CC. The van der Waals surface area contributed by atoms with Gasteiger partial charge in [0.15, 0.2) is 0 Å². The van der Waals surface area contributed by atoms with Crippen LogP contribution >= 0.6 is 22.6 Å². The fourth-order valence-electron chi connectivity index (χ4n) is 1.06. The number of hydrogen-bond donors (Lipinski definition) is 1. The van der Waals surface area contributed by atoms with Gasteiger partial charge in [-0.05, 0) is 24.8 Å². The Bertz CT molecular complexity index is 159. The fraction of sp³-hybridized carbons (Fsp3) is 0.818. The van der Waals surface area contributed by atoms with Crippen LogP contribution in [0.2, 0.25) is 0 Å². The summed E-state index contributed by atoms with van der Waals surface area (Å²) in [7, 11) is 0. The first-order valence-corrected chi connectivity index (χ1v) is 6.88. The van der Waals surface area contributed by atoms with Crippen molar-refractivity contribution in [3.8, 4) is 0 Å². The van der Waals surface area contributed by atoms with E-state index in [0.717, 1.165) is 17.3 Å². The number of nitrogens with two attached hydrogens (primary N) is 1. The Morgan fingerprint density at radius 3 is 2.71 bits per heavy atom. The van der Waals surface area contributed by atoms with E-state index in [1.165, 1.54) is 18.4 Å². The van der Waals surface area contributed by atoms with Crippen LogP contribution < -0.4 is 5.73 Å². The van der Waals surface area contributed by atoms with Crippen LogP contribution in [-0.2, 0) is 4.74 Å². The van der Waals surface area contributed by atoms with Crippen molar-refractivity contribution in [3.05, 3.63) is 11.8 Å². The first kappa shape index (κ1) is 14.2. The average molecular weight is 311 g/mol. The van der Waals surface area contributed by atoms with Crippen LogP contribution in [0.4, 0.5) is 0 Å². The van der Waals surface area contributed by atoms with Gasteiger partial charge in [-0.3, -0.25) is 0 Å². The molecule has 0 aromatic carbocycles. The molecule has 0 rings (SSSR count). The normalized spacial score (nSPS) is 14.1. The molecule has 2 nitrogen and oxygen atoms in total. The monoisotopic (exact) mass is 311 g/mol. The third-order valence-electron chi connectivity index (χ3n) is 2.06. The molecule has 0 radical (unpaired) electrons. The van der Waals surface area contributed by atoms with Gasteiger partial charge in [0.1, 0.15) is 6.61 Å². The summed E-state index contributed by atoms with van der Waals surface area (Å²) in [6.45, 7) is 5.02. The van der Waals surface area contributed by atoms with E-state index in [-0.39, 0.29) is 6.04 Å². The Morgan fingerprint density at radius 2 is 2.21 bits per heavy atom. The molecule has 2 N–H and O–H groups in total. The molecule has 0 aliphatic rings. The summed E-state index contributed by atoms with van der Waals surface area (Å²) in [5.41, 5.74) is 7.13. The average Bonchev–Trinajstić information content (AvgIpc) is 2.22. The number of allylic oxidation sites excluding steroid dienone is 1. The van der Waals surface area contributed by atoms with Crippen molar-refractivity contribution in [1.82, 2.24) is 0 Å². The molecule has 0 spiro atoms. The molecule has 0 amide bonds. The molecule has 0 aromatic rings. The number of halogens is 1. The molecule has 0 aromatic heterocycles. The van der Waals surface area contributed by atoms with Gasteiger partial charge < -0.3 is 10.5 Å². The minimum atomic E-state index is 0.163. The third-order valence-corrected chi connectivity index (χ3v) is 3.20. The summed E-state index contributed by atoms with van der Waals surface area (Å²) in [6.07, 6.45) is 6.64. The maximum Gasteiger partial charge on any atom is 0.103 e. The molecule has 0 heterocycles. The van der Waals surface area contributed by atoms with Gasteiger partial charge in [-0.2, -0.15) is 0 Å². The second-order valence-corrected chi connectivity index (χ2v) is 4.36. The Hall–Kier alpha value is 0.230. The fourth-order valence-corrected chi connectivity index (χ4v) is 1.31. The summed E-state index contributed by atoms with van der Waals surface area (Å²) in [5.74, 6) is 0. The highest BCUT2D eigenvalue weighted by Gasteiger charge is 1.99. The van der Waals surface area contributed by atoms with Crippen LogP contribution in [0.3, 0.4) is 0 Å². The van der Waals surface area contributed by atoms with E-state index in [1.54, 1.807) is 0 Å². The minimum absolute atomic E-state index is 0.163. The minimum Gasteiger partial charge on any atom is -0.500 e. The van der Waals surface area contributed by atoms with E-state index in [9.17, 15) is 0 Å². The summed E-state index contributed by atoms with van der Waals surface area (Å²) < 4.78 is 6.39. The standard InChI is InChI=1S/C11H22INO/c1-3-5-6-10(4-2)8-14-9-11(13)7-12/h8,11H,3-7,9,13H2,1-2H3/b10-8+. The Balaban J connectivity index is 3.69. The second kappa shape index (κ2) is 9.77. The molecular formula is C11H22INO. The van der Waals surface area contributed by atoms with Crippen molar-refractivity contribution in [3.63, 3.8) is 0 Å². The molecule has 14 heavy (non-hydrogen) atoms. The molecule has 0 fully saturated rings. The van der Waals surface area contributed by atoms with E-state index >= 15 is 0 Å². The number of alkyl halides is 1. The number of hydrogen-bond acceptors (Lipinski definition) is 2. The lowest BCUT2D eigenvalue weighted by atomic mass is 10.1. The highest BCUT2D eigenvalue weighted by atomic mass is 127. The van der Waals surface area contributed by atoms with Crippen molar-refractivity contribution < 1.29 is 4.74 Å². The van der Waals surface area contributed by atoms with Crippen LogP contribution in [0.25, 0.3) is 0 Å². The zero-order valence-electron chi connectivity index (χ0n) is 9.26. The van der Waals surface area contributed by atoms with E-state index in [2.05, 4.69) is 36.4 Å². The van der Waals surface area contributed by atoms with Gasteiger partial charge in [0.2, 0.25) is 0 Å². The predicted octanol–water partition coefficient (Wildman–Crippen LogP) is 3.25. The van der Waals surface area contributed by atoms with Gasteiger partial charge in [0, 0.05) is 10.5 Å². The molecule has 1 atom stereocenters. The topological polar surface area (TPSA) is 35.2 Å². The highest BCUT2D eigenvalue weighted by molar-refractivity contribution is 14.1. The molecular weight excluding hydrogens is 289 g/mol. The lowest BCUT2D eigenvalue weighted by Crippen LogP contribution is -2.26. The van der Waals surface area contributed by atoms with Crippen molar-refractivity contribution >= 4 is 22.6 Å². The Labute approximate surface area is 101 Å². The summed E-state index contributed by atoms with van der Waals surface area (Å²) in [4.78, 5) is 0. The van der Waals surface area contributed by atoms with Crippen LogP contribution in [0.5, 0.6) is 0 Å². The lowest BCUT2D eigenvalue weighted by Gasteiger charge is -2.09. The van der Waals surface area contributed by atoms with E-state index in [1.807, 2.05) is 6.26 Å². The lowest BCUT2D eigenvalue weighted by molar-refractivity contribution is 0.231. The van der Waals surface area contributed by atoms with Gasteiger partial charge in [0.25, 0.3) is 0 Å². The summed E-state index contributed by atoms with van der Waals surface area (Å²) in [6, 6.07) is 0.163. The maximum atomic E-state index is 5.74. The molecule has 0 saturated heterocycles. The zero-order chi connectivity index (χ0) is 10.8. The number of rotatable bonds is 8. The molecule has 84 valence electrons. The van der Waals surface area contributed by atoms with Crippen molar-refractivity contribution in [2.24, 2.45) is 5.73 Å². The molecule has 0 aliphatic heterocycles. The number of unbranched alkanes of at least 4 members (excludes halogenated alkanes) is 1. The van der Waals surface area contributed by atoms with Crippen LogP contribution in [-0.4, -0.2) is 17.1 Å². The largest absolute Gasteiger partial charge is 0.500 e. The van der Waals surface area contributed by atoms with Crippen molar-refractivity contribution in [1.29, 1.82) is 0 Å². The smallest absolute Gasteiger partial charge is 0.103 e. The third kappa shape index (κ3) is 7.62. The van der Waals surface area contributed by atoms with Gasteiger partial charge in [-0.25, -0.2) is 0 Å².